The topological polar surface area (TPSA) is 58.0 Å². The number of aliphatic hydroxyl groups excluding tert-OH is 1. The molecule has 0 fully saturated rings. The molecule has 0 saturated heterocycles. The van der Waals surface area contributed by atoms with Crippen LogP contribution < -0.4 is 5.32 Å². The lowest BCUT2D eigenvalue weighted by Gasteiger charge is -2.06. The van der Waals surface area contributed by atoms with Gasteiger partial charge in [0.15, 0.2) is 0 Å². The minimum Gasteiger partial charge on any atom is -0.395 e. The largest absolute Gasteiger partial charge is 0.395 e. The average Bonchev–Trinajstić information content (AvgIpc) is 2.18. The highest BCUT2D eigenvalue weighted by Gasteiger charge is 2.04. The minimum absolute atomic E-state index is 0.149. The molecule has 1 atom stereocenters. The van der Waals surface area contributed by atoms with Crippen molar-refractivity contribution in [3.63, 3.8) is 0 Å². The number of thioether (sulfide) groups is 1. The molecule has 5 heteroatoms. The zero-order valence-electron chi connectivity index (χ0n) is 7.69. The Hall–Kier alpha value is -0.810. The van der Waals surface area contributed by atoms with Crippen molar-refractivity contribution in [3.8, 4) is 0 Å². The summed E-state index contributed by atoms with van der Waals surface area (Å²) < 4.78 is 0. The molecule has 72 valence electrons. The molecule has 2 N–H and O–H groups in total. The molecule has 13 heavy (non-hydrogen) atoms. The molecular weight excluding hydrogens is 186 g/mol. The predicted octanol–water partition coefficient (Wildman–Crippen LogP) is 0.991. The third-order valence-corrected chi connectivity index (χ3v) is 2.44. The fraction of sp³-hybridized carbons (Fsp3) is 0.500. The number of hydrogen-bond donors (Lipinski definition) is 2. The van der Waals surface area contributed by atoms with Crippen LogP contribution in [0.1, 0.15) is 6.92 Å². The number of anilines is 1. The van der Waals surface area contributed by atoms with Gasteiger partial charge in [-0.25, -0.2) is 4.98 Å². The van der Waals surface area contributed by atoms with E-state index in [9.17, 15) is 0 Å². The van der Waals surface area contributed by atoms with Crippen molar-refractivity contribution in [2.45, 2.75) is 17.2 Å². The third kappa shape index (κ3) is 3.20. The van der Waals surface area contributed by atoms with Crippen molar-refractivity contribution in [1.82, 2.24) is 9.97 Å². The van der Waals surface area contributed by atoms with Gasteiger partial charge in [0.1, 0.15) is 10.8 Å². The van der Waals surface area contributed by atoms with Crippen molar-refractivity contribution in [1.29, 1.82) is 0 Å². The Bertz CT molecular complexity index is 269. The summed E-state index contributed by atoms with van der Waals surface area (Å²) in [5.74, 6) is 0.745. The first-order valence-electron chi connectivity index (χ1n) is 4.03. The van der Waals surface area contributed by atoms with Gasteiger partial charge in [0.2, 0.25) is 0 Å². The minimum atomic E-state index is 0.149. The van der Waals surface area contributed by atoms with E-state index in [1.165, 1.54) is 11.8 Å². The predicted molar refractivity (Wildman–Crippen MR) is 54.0 cm³/mol. The lowest BCUT2D eigenvalue weighted by atomic mass is 10.5. The van der Waals surface area contributed by atoms with Crippen LogP contribution in [0, 0.1) is 0 Å². The van der Waals surface area contributed by atoms with Gasteiger partial charge in [-0.3, -0.25) is 4.98 Å². The van der Waals surface area contributed by atoms with Crippen molar-refractivity contribution in [2.24, 2.45) is 0 Å². The van der Waals surface area contributed by atoms with Gasteiger partial charge in [-0.15, -0.1) is 0 Å². The summed E-state index contributed by atoms with van der Waals surface area (Å²) in [4.78, 5) is 8.27. The SMILES string of the molecule is CNc1cncc(SC(C)CO)n1. The molecule has 0 amide bonds. The summed E-state index contributed by atoms with van der Waals surface area (Å²) >= 11 is 1.51. The number of hydrogen-bond acceptors (Lipinski definition) is 5. The first-order valence-corrected chi connectivity index (χ1v) is 4.91. The summed E-state index contributed by atoms with van der Waals surface area (Å²) in [6.07, 6.45) is 3.35. The van der Waals surface area contributed by atoms with Gasteiger partial charge in [-0.05, 0) is 0 Å². The standard InChI is InChI=1S/C8H13N3OS/c1-6(5-12)13-8-4-10-3-7(9-2)11-8/h3-4,6,12H,5H2,1-2H3,(H,9,11). The molecule has 0 aromatic carbocycles. The molecule has 1 rings (SSSR count). The summed E-state index contributed by atoms with van der Waals surface area (Å²) in [5, 5.41) is 12.7. The summed E-state index contributed by atoms with van der Waals surface area (Å²) in [6, 6.07) is 0. The molecule has 1 aromatic rings. The fourth-order valence-electron chi connectivity index (χ4n) is 0.769. The van der Waals surface area contributed by atoms with E-state index >= 15 is 0 Å². The molecule has 0 aliphatic carbocycles. The van der Waals surface area contributed by atoms with E-state index in [0.29, 0.717) is 0 Å². The van der Waals surface area contributed by atoms with E-state index in [0.717, 1.165) is 10.8 Å². The zero-order valence-corrected chi connectivity index (χ0v) is 8.51. The molecule has 0 bridgehead atoms. The summed E-state index contributed by atoms with van der Waals surface area (Å²) in [6.45, 7) is 2.09. The van der Waals surface area contributed by atoms with Gasteiger partial charge >= 0.3 is 0 Å². The molecular formula is C8H13N3OS. The van der Waals surface area contributed by atoms with Gasteiger partial charge in [0.25, 0.3) is 0 Å². The van der Waals surface area contributed by atoms with Crippen molar-refractivity contribution < 1.29 is 5.11 Å². The van der Waals surface area contributed by atoms with E-state index in [1.807, 2.05) is 6.92 Å². The van der Waals surface area contributed by atoms with Crippen LogP contribution >= 0.6 is 11.8 Å². The van der Waals surface area contributed by atoms with Gasteiger partial charge in [-0.2, -0.15) is 0 Å². The number of aliphatic hydroxyl groups is 1. The molecule has 1 aromatic heterocycles. The highest BCUT2D eigenvalue weighted by atomic mass is 32.2. The van der Waals surface area contributed by atoms with Gasteiger partial charge in [0.05, 0.1) is 19.0 Å². The van der Waals surface area contributed by atoms with Crippen molar-refractivity contribution in [2.75, 3.05) is 19.0 Å². The lowest BCUT2D eigenvalue weighted by molar-refractivity contribution is 0.300. The smallest absolute Gasteiger partial charge is 0.145 e. The Morgan fingerprint density at radius 2 is 2.38 bits per heavy atom. The molecule has 4 nitrogen and oxygen atoms in total. The second kappa shape index (κ2) is 5.04. The van der Waals surface area contributed by atoms with Crippen molar-refractivity contribution >= 4 is 17.6 Å². The fourth-order valence-corrected chi connectivity index (χ4v) is 1.53. The van der Waals surface area contributed by atoms with Gasteiger partial charge in [-0.1, -0.05) is 18.7 Å². The molecule has 1 heterocycles. The first-order chi connectivity index (χ1) is 6.26. The van der Waals surface area contributed by atoms with E-state index in [1.54, 1.807) is 19.4 Å². The van der Waals surface area contributed by atoms with Crippen LogP contribution in [0.5, 0.6) is 0 Å². The zero-order chi connectivity index (χ0) is 9.68. The van der Waals surface area contributed by atoms with Crippen LogP contribution in [0.4, 0.5) is 5.82 Å². The summed E-state index contributed by atoms with van der Waals surface area (Å²) in [7, 11) is 1.80. The second-order valence-electron chi connectivity index (χ2n) is 2.60. The maximum absolute atomic E-state index is 8.84. The quantitative estimate of drug-likeness (QED) is 0.708. The Morgan fingerprint density at radius 1 is 1.62 bits per heavy atom. The van der Waals surface area contributed by atoms with E-state index in [2.05, 4.69) is 15.3 Å². The Labute approximate surface area is 81.8 Å². The normalized spacial score (nSPS) is 12.5. The molecule has 0 aliphatic heterocycles. The molecule has 0 radical (unpaired) electrons. The highest BCUT2D eigenvalue weighted by molar-refractivity contribution is 7.99. The highest BCUT2D eigenvalue weighted by Crippen LogP contribution is 2.20. The van der Waals surface area contributed by atoms with Crippen LogP contribution in [0.15, 0.2) is 17.4 Å². The second-order valence-corrected chi connectivity index (χ2v) is 4.06. The number of rotatable bonds is 4. The lowest BCUT2D eigenvalue weighted by Crippen LogP contribution is -2.03. The maximum atomic E-state index is 8.84. The van der Waals surface area contributed by atoms with Gasteiger partial charge < -0.3 is 10.4 Å². The number of nitrogens with zero attached hydrogens (tertiary/aromatic N) is 2. The summed E-state index contributed by atoms with van der Waals surface area (Å²) in [5.41, 5.74) is 0. The van der Waals surface area contributed by atoms with Crippen LogP contribution in [-0.4, -0.2) is 34.0 Å². The number of aromatic nitrogens is 2. The average molecular weight is 199 g/mol. The Kier molecular flexibility index (Phi) is 3.98. The number of nitrogens with one attached hydrogen (secondary N) is 1. The Balaban J connectivity index is 2.66. The molecule has 0 aliphatic rings. The van der Waals surface area contributed by atoms with E-state index < -0.39 is 0 Å². The van der Waals surface area contributed by atoms with Crippen molar-refractivity contribution in [3.05, 3.63) is 12.4 Å². The third-order valence-electron chi connectivity index (χ3n) is 1.45. The van der Waals surface area contributed by atoms with Crippen LogP contribution in [0.3, 0.4) is 0 Å². The maximum Gasteiger partial charge on any atom is 0.145 e. The van der Waals surface area contributed by atoms with Crippen LogP contribution in [0.25, 0.3) is 0 Å². The van der Waals surface area contributed by atoms with Gasteiger partial charge in [0, 0.05) is 12.3 Å². The molecule has 1 unspecified atom stereocenters. The first kappa shape index (κ1) is 10.3. The Morgan fingerprint density at radius 3 is 3.00 bits per heavy atom. The molecule has 0 spiro atoms. The molecule has 0 saturated carbocycles. The van der Waals surface area contributed by atoms with Crippen LogP contribution in [-0.2, 0) is 0 Å². The monoisotopic (exact) mass is 199 g/mol. The van der Waals surface area contributed by atoms with E-state index in [-0.39, 0.29) is 11.9 Å². The van der Waals surface area contributed by atoms with Crippen LogP contribution in [0.2, 0.25) is 0 Å². The van der Waals surface area contributed by atoms with E-state index in [4.69, 9.17) is 5.11 Å².